The van der Waals surface area contributed by atoms with Crippen LogP contribution in [0.25, 0.3) is 0 Å². The lowest BCUT2D eigenvalue weighted by Gasteiger charge is -2.29. The van der Waals surface area contributed by atoms with Crippen molar-refractivity contribution in [2.75, 3.05) is 23.4 Å². The van der Waals surface area contributed by atoms with Gasteiger partial charge in [0.1, 0.15) is 29.8 Å². The lowest BCUT2D eigenvalue weighted by molar-refractivity contribution is -0.137. The molecule has 2 aromatic heterocycles. The molecule has 1 saturated heterocycles. The van der Waals surface area contributed by atoms with E-state index in [0.29, 0.717) is 11.5 Å². The third-order valence-corrected chi connectivity index (χ3v) is 5.88. The van der Waals surface area contributed by atoms with Gasteiger partial charge in [0.25, 0.3) is 0 Å². The van der Waals surface area contributed by atoms with Gasteiger partial charge in [-0.3, -0.25) is 9.89 Å². The first-order valence-electron chi connectivity index (χ1n) is 9.95. The van der Waals surface area contributed by atoms with Gasteiger partial charge in [0.15, 0.2) is 0 Å². The summed E-state index contributed by atoms with van der Waals surface area (Å²) in [6.45, 7) is 1.67. The number of rotatable bonds is 4. The summed E-state index contributed by atoms with van der Waals surface area (Å²) < 4.78 is 53.8. The average molecular weight is 483 g/mol. The number of carbonyl (C=O) groups is 1. The lowest BCUT2D eigenvalue weighted by atomic mass is 10.0. The number of nitrogens with zero attached hydrogens (tertiary/aromatic N) is 5. The molecule has 174 valence electrons. The Morgan fingerprint density at radius 3 is 2.67 bits per heavy atom. The van der Waals surface area contributed by atoms with Crippen LogP contribution in [0.5, 0.6) is 0 Å². The van der Waals surface area contributed by atoms with Gasteiger partial charge >= 0.3 is 6.18 Å². The first kappa shape index (κ1) is 23.0. The van der Waals surface area contributed by atoms with Crippen molar-refractivity contribution in [3.63, 3.8) is 0 Å². The fourth-order valence-electron chi connectivity index (χ4n) is 3.94. The maximum Gasteiger partial charge on any atom is 0.416 e. The second kappa shape index (κ2) is 8.62. The molecule has 3 aromatic rings. The normalized spacial score (nSPS) is 18.6. The van der Waals surface area contributed by atoms with E-state index >= 15 is 0 Å². The van der Waals surface area contributed by atoms with Gasteiger partial charge in [-0.2, -0.15) is 18.3 Å². The van der Waals surface area contributed by atoms with E-state index in [9.17, 15) is 22.4 Å². The van der Waals surface area contributed by atoms with Crippen LogP contribution in [-0.2, 0) is 11.0 Å². The van der Waals surface area contributed by atoms with E-state index in [0.717, 1.165) is 18.2 Å². The van der Waals surface area contributed by atoms with Gasteiger partial charge in [-0.15, -0.1) is 0 Å². The highest BCUT2D eigenvalue weighted by Gasteiger charge is 2.42. The quantitative estimate of drug-likeness (QED) is 0.560. The maximum absolute atomic E-state index is 13.6. The zero-order valence-corrected chi connectivity index (χ0v) is 18.3. The number of alkyl halides is 3. The smallest absolute Gasteiger partial charge is 0.344 e. The van der Waals surface area contributed by atoms with Crippen molar-refractivity contribution in [1.29, 1.82) is 0 Å². The molecule has 12 heteroatoms. The van der Waals surface area contributed by atoms with Crippen molar-refractivity contribution in [3.05, 3.63) is 64.6 Å². The number of aromatic nitrogens is 4. The Balaban J connectivity index is 1.71. The molecule has 0 unspecified atom stereocenters. The largest absolute Gasteiger partial charge is 0.416 e. The van der Waals surface area contributed by atoms with Crippen molar-refractivity contribution in [1.82, 2.24) is 20.2 Å². The molecule has 4 rings (SSSR count). The predicted molar refractivity (Wildman–Crippen MR) is 114 cm³/mol. The first-order chi connectivity index (χ1) is 15.5. The van der Waals surface area contributed by atoms with Gasteiger partial charge in [-0.1, -0.05) is 11.6 Å². The molecule has 1 aromatic carbocycles. The van der Waals surface area contributed by atoms with Crippen molar-refractivity contribution >= 4 is 29.0 Å². The SMILES string of the molecule is Cc1cc(C(F)(F)F)cc(N2C[C@@H](c3ncn[nH]3)C[C@H]2C(=O)N(C)c2ccc(F)c(Cl)c2)n1. The number of pyridine rings is 1. The molecule has 33 heavy (non-hydrogen) atoms. The molecule has 1 N–H and O–H groups in total. The number of likely N-dealkylation sites (N-methyl/N-ethyl adjacent to an activating group) is 1. The predicted octanol–water partition coefficient (Wildman–Crippen LogP) is 4.34. The number of H-pyrrole nitrogens is 1. The van der Waals surface area contributed by atoms with Gasteiger partial charge in [0, 0.05) is 30.9 Å². The van der Waals surface area contributed by atoms with Crippen LogP contribution in [0, 0.1) is 12.7 Å². The minimum Gasteiger partial charge on any atom is -0.344 e. The van der Waals surface area contributed by atoms with Crippen LogP contribution in [-0.4, -0.2) is 45.7 Å². The number of anilines is 2. The number of nitrogens with one attached hydrogen (secondary N) is 1. The molecule has 0 bridgehead atoms. The molecular weight excluding hydrogens is 464 g/mol. The highest BCUT2D eigenvalue weighted by Crippen LogP contribution is 2.37. The summed E-state index contributed by atoms with van der Waals surface area (Å²) in [6, 6.07) is 4.91. The first-order valence-corrected chi connectivity index (χ1v) is 10.3. The van der Waals surface area contributed by atoms with E-state index in [1.54, 1.807) is 4.90 Å². The van der Waals surface area contributed by atoms with Gasteiger partial charge < -0.3 is 9.80 Å². The minimum atomic E-state index is -4.56. The van der Waals surface area contributed by atoms with Crippen molar-refractivity contribution in [2.24, 2.45) is 0 Å². The molecule has 1 aliphatic heterocycles. The standard InChI is InChI=1S/C21H19ClF4N6O/c1-11-5-13(21(24,25)26)7-18(29-11)32-9-12(19-27-10-28-30-19)6-17(32)20(33)31(2)14-3-4-16(23)15(22)8-14/h3-5,7-8,10,12,17H,6,9H2,1-2H3,(H,27,28,30)/t12-,17-/m0/s1. The second-order valence-corrected chi connectivity index (χ2v) is 8.23. The number of amides is 1. The van der Waals surface area contributed by atoms with Gasteiger partial charge in [-0.05, 0) is 43.7 Å². The number of hydrogen-bond acceptors (Lipinski definition) is 5. The number of aryl methyl sites for hydroxylation is 1. The number of hydrogen-bond donors (Lipinski definition) is 1. The number of halogens is 5. The third-order valence-electron chi connectivity index (χ3n) is 5.59. The molecule has 1 aliphatic rings. The Morgan fingerprint density at radius 2 is 2.03 bits per heavy atom. The number of carbonyl (C=O) groups excluding carboxylic acids is 1. The zero-order valence-electron chi connectivity index (χ0n) is 17.6. The minimum absolute atomic E-state index is 0.0354. The van der Waals surface area contributed by atoms with Gasteiger partial charge in [0.2, 0.25) is 5.91 Å². The highest BCUT2D eigenvalue weighted by molar-refractivity contribution is 6.31. The molecule has 0 aliphatic carbocycles. The molecule has 2 atom stereocenters. The van der Waals surface area contributed by atoms with E-state index in [2.05, 4.69) is 20.2 Å². The number of aromatic amines is 1. The third kappa shape index (κ3) is 4.63. The summed E-state index contributed by atoms with van der Waals surface area (Å²) in [7, 11) is 1.50. The molecule has 0 spiro atoms. The van der Waals surface area contributed by atoms with E-state index < -0.39 is 29.5 Å². The summed E-state index contributed by atoms with van der Waals surface area (Å²) in [6.07, 6.45) is -2.97. The van der Waals surface area contributed by atoms with Gasteiger partial charge in [0.05, 0.1) is 10.6 Å². The Labute approximate surface area is 191 Å². The zero-order chi connectivity index (χ0) is 23.9. The Kier molecular flexibility index (Phi) is 6.00. The van der Waals surface area contributed by atoms with Crippen LogP contribution in [0.3, 0.4) is 0 Å². The van der Waals surface area contributed by atoms with E-state index in [1.807, 2.05) is 0 Å². The van der Waals surface area contributed by atoms with E-state index in [1.165, 1.54) is 37.3 Å². The van der Waals surface area contributed by atoms with Crippen LogP contribution in [0.1, 0.15) is 29.4 Å². The molecule has 7 nitrogen and oxygen atoms in total. The topological polar surface area (TPSA) is 78.0 Å². The van der Waals surface area contributed by atoms with Crippen molar-refractivity contribution < 1.29 is 22.4 Å². The molecular formula is C21H19ClF4N6O. The van der Waals surface area contributed by atoms with E-state index in [4.69, 9.17) is 11.6 Å². The van der Waals surface area contributed by atoms with Crippen molar-refractivity contribution in [2.45, 2.75) is 31.5 Å². The van der Waals surface area contributed by atoms with Crippen molar-refractivity contribution in [3.8, 4) is 0 Å². The van der Waals surface area contributed by atoms with E-state index in [-0.39, 0.29) is 35.4 Å². The highest BCUT2D eigenvalue weighted by atomic mass is 35.5. The molecule has 1 fully saturated rings. The molecule has 0 radical (unpaired) electrons. The summed E-state index contributed by atoms with van der Waals surface area (Å²) in [5.74, 6) is -0.766. The fourth-order valence-corrected chi connectivity index (χ4v) is 4.11. The van der Waals surface area contributed by atoms with Gasteiger partial charge in [-0.25, -0.2) is 14.4 Å². The lowest BCUT2D eigenvalue weighted by Crippen LogP contribution is -2.44. The van der Waals surface area contributed by atoms with Crippen LogP contribution in [0.2, 0.25) is 5.02 Å². The average Bonchev–Trinajstić information content (AvgIpc) is 3.43. The Morgan fingerprint density at radius 1 is 1.27 bits per heavy atom. The Bertz CT molecular complexity index is 1170. The summed E-state index contributed by atoms with van der Waals surface area (Å²) in [5.41, 5.74) is -0.326. The molecule has 3 heterocycles. The van der Waals surface area contributed by atoms with Crippen LogP contribution in [0.4, 0.5) is 29.1 Å². The van der Waals surface area contributed by atoms with Crippen LogP contribution < -0.4 is 9.80 Å². The number of benzene rings is 1. The molecule has 0 saturated carbocycles. The maximum atomic E-state index is 13.6. The second-order valence-electron chi connectivity index (χ2n) is 7.82. The summed E-state index contributed by atoms with van der Waals surface area (Å²) >= 11 is 5.86. The Hall–Kier alpha value is -3.21. The van der Waals surface area contributed by atoms with Crippen LogP contribution >= 0.6 is 11.6 Å². The summed E-state index contributed by atoms with van der Waals surface area (Å²) in [5, 5.41) is 6.44. The monoisotopic (exact) mass is 482 g/mol. The fraction of sp³-hybridized carbons (Fsp3) is 0.333. The summed E-state index contributed by atoms with van der Waals surface area (Å²) in [4.78, 5) is 24.7. The molecule has 1 amide bonds. The van der Waals surface area contributed by atoms with Crippen LogP contribution in [0.15, 0.2) is 36.7 Å².